The molecule has 2 N–H and O–H groups in total. The molecule has 4 rings (SSSR count). The van der Waals surface area contributed by atoms with E-state index in [9.17, 15) is 18.9 Å². The lowest BCUT2D eigenvalue weighted by molar-refractivity contribution is 0.480. The van der Waals surface area contributed by atoms with Crippen LogP contribution in [0.3, 0.4) is 0 Å². The predicted octanol–water partition coefficient (Wildman–Crippen LogP) is 1.17. The van der Waals surface area contributed by atoms with Crippen molar-refractivity contribution < 1.29 is 9.32 Å². The Hall–Kier alpha value is -2.67. The molecule has 0 spiro atoms. The van der Waals surface area contributed by atoms with Gasteiger partial charge in [0.2, 0.25) is 0 Å². The molecule has 0 aliphatic heterocycles. The second kappa shape index (κ2) is 4.17. The smallest absolute Gasteiger partial charge is 0.256 e. The molecule has 0 bridgehead atoms. The third-order valence-corrected chi connectivity index (χ3v) is 4.76. The van der Waals surface area contributed by atoms with Gasteiger partial charge in [0.1, 0.15) is 5.75 Å². The number of nitrogens with one attached hydrogen (secondary N) is 1. The molecule has 0 saturated heterocycles. The van der Waals surface area contributed by atoms with Crippen LogP contribution in [0.1, 0.15) is 0 Å². The van der Waals surface area contributed by atoms with Crippen LogP contribution < -0.4 is 11.0 Å². The van der Waals surface area contributed by atoms with Crippen LogP contribution in [0.2, 0.25) is 0 Å². The molecule has 110 valence electrons. The Bertz CT molecular complexity index is 1210. The maximum absolute atomic E-state index is 12.4. The number of hydrogen-bond donors (Lipinski definition) is 2. The number of hydrogen-bond acceptors (Lipinski definition) is 4. The van der Waals surface area contributed by atoms with E-state index in [1.54, 1.807) is 6.07 Å². The lowest BCUT2D eigenvalue weighted by Crippen LogP contribution is -2.14. The highest BCUT2D eigenvalue weighted by atomic mass is 32.2. The summed E-state index contributed by atoms with van der Waals surface area (Å²) in [6.45, 7) is 0. The first-order valence-electron chi connectivity index (χ1n) is 6.47. The summed E-state index contributed by atoms with van der Waals surface area (Å²) in [5.41, 5.74) is 0.775. The third kappa shape index (κ3) is 1.51. The summed E-state index contributed by atoms with van der Waals surface area (Å²) in [7, 11) is -1.37. The predicted molar refractivity (Wildman–Crippen MR) is 84.5 cm³/mol. The SMILES string of the molecule is C[S@](=O)c1cc(=O)n2c3cc(=O)ccc3c3c(O)c[nH]c1c32. The summed E-state index contributed by atoms with van der Waals surface area (Å²) in [4.78, 5) is 27.3. The fourth-order valence-corrected chi connectivity index (χ4v) is 3.65. The van der Waals surface area contributed by atoms with Gasteiger partial charge in [0.05, 0.1) is 37.6 Å². The summed E-state index contributed by atoms with van der Waals surface area (Å²) in [5, 5.41) is 11.2. The van der Waals surface area contributed by atoms with Crippen molar-refractivity contribution in [3.63, 3.8) is 0 Å². The van der Waals surface area contributed by atoms with E-state index in [-0.39, 0.29) is 16.7 Å². The van der Waals surface area contributed by atoms with Crippen LogP contribution >= 0.6 is 0 Å². The van der Waals surface area contributed by atoms with Gasteiger partial charge in [0.15, 0.2) is 5.43 Å². The van der Waals surface area contributed by atoms with Crippen LogP contribution in [0.4, 0.5) is 0 Å². The average Bonchev–Trinajstić information content (AvgIpc) is 2.80. The molecular weight excluding hydrogens is 304 g/mol. The van der Waals surface area contributed by atoms with Gasteiger partial charge in [0, 0.05) is 30.0 Å². The van der Waals surface area contributed by atoms with Gasteiger partial charge in [-0.2, -0.15) is 0 Å². The molecule has 0 aliphatic rings. The number of aromatic hydroxyl groups is 1. The standard InChI is InChI=1S/C15H10N2O4S/c1-22(21)11-5-12(20)17-9-4-7(18)2-3-8(9)13-10(19)6-16-14(11)15(13)17/h2-6,16,19H,1H3/t22-/m0/s1. The molecule has 0 unspecified atom stereocenters. The van der Waals surface area contributed by atoms with E-state index in [0.29, 0.717) is 32.2 Å². The summed E-state index contributed by atoms with van der Waals surface area (Å²) < 4.78 is 13.3. The molecule has 0 fully saturated rings. The van der Waals surface area contributed by atoms with Gasteiger partial charge in [-0.3, -0.25) is 18.2 Å². The molecule has 1 aromatic carbocycles. The summed E-state index contributed by atoms with van der Waals surface area (Å²) >= 11 is 0. The molecule has 7 heteroatoms. The zero-order chi connectivity index (χ0) is 15.6. The second-order valence-electron chi connectivity index (χ2n) is 5.09. The molecule has 0 radical (unpaired) electrons. The highest BCUT2D eigenvalue weighted by Crippen LogP contribution is 2.36. The van der Waals surface area contributed by atoms with Crippen molar-refractivity contribution >= 4 is 38.1 Å². The van der Waals surface area contributed by atoms with E-state index in [1.165, 1.54) is 35.1 Å². The van der Waals surface area contributed by atoms with Crippen LogP contribution in [-0.4, -0.2) is 25.0 Å². The Morgan fingerprint density at radius 1 is 1.23 bits per heavy atom. The van der Waals surface area contributed by atoms with Crippen molar-refractivity contribution in [1.82, 2.24) is 9.38 Å². The number of rotatable bonds is 1. The minimum Gasteiger partial charge on any atom is -0.506 e. The molecule has 0 saturated carbocycles. The normalized spacial score (nSPS) is 13.3. The maximum atomic E-state index is 12.4. The quantitative estimate of drug-likeness (QED) is 0.552. The lowest BCUT2D eigenvalue weighted by atomic mass is 10.1. The van der Waals surface area contributed by atoms with Crippen LogP contribution in [-0.2, 0) is 10.8 Å². The topological polar surface area (TPSA) is 91.6 Å². The van der Waals surface area contributed by atoms with E-state index < -0.39 is 10.8 Å². The number of benzene rings is 1. The molecular formula is C15H10N2O4S. The molecule has 22 heavy (non-hydrogen) atoms. The number of H-pyrrole nitrogens is 1. The maximum Gasteiger partial charge on any atom is 0.256 e. The molecule has 1 atom stereocenters. The monoisotopic (exact) mass is 314 g/mol. The first kappa shape index (κ1) is 13.0. The van der Waals surface area contributed by atoms with E-state index in [0.717, 1.165) is 0 Å². The van der Waals surface area contributed by atoms with E-state index >= 15 is 0 Å². The number of aromatic amines is 1. The first-order chi connectivity index (χ1) is 10.5. The van der Waals surface area contributed by atoms with Crippen molar-refractivity contribution in [2.24, 2.45) is 0 Å². The van der Waals surface area contributed by atoms with Gasteiger partial charge >= 0.3 is 0 Å². The van der Waals surface area contributed by atoms with Crippen LogP contribution in [0.15, 0.2) is 44.9 Å². The van der Waals surface area contributed by atoms with E-state index in [1.807, 2.05) is 0 Å². The number of nitrogens with zero attached hydrogens (tertiary/aromatic N) is 1. The number of pyridine rings is 2. The third-order valence-electron chi connectivity index (χ3n) is 3.82. The Morgan fingerprint density at radius 3 is 2.73 bits per heavy atom. The van der Waals surface area contributed by atoms with Crippen molar-refractivity contribution in [1.29, 1.82) is 0 Å². The van der Waals surface area contributed by atoms with E-state index in [4.69, 9.17) is 0 Å². The Kier molecular flexibility index (Phi) is 2.47. The van der Waals surface area contributed by atoms with E-state index in [2.05, 4.69) is 4.98 Å². The summed E-state index contributed by atoms with van der Waals surface area (Å²) in [5.74, 6) is -0.0305. The molecule has 6 nitrogen and oxygen atoms in total. The van der Waals surface area contributed by atoms with Crippen molar-refractivity contribution in [3.8, 4) is 5.75 Å². The highest BCUT2D eigenvalue weighted by Gasteiger charge is 2.20. The van der Waals surface area contributed by atoms with Crippen molar-refractivity contribution in [2.45, 2.75) is 4.90 Å². The minimum absolute atomic E-state index is 0.0305. The zero-order valence-electron chi connectivity index (χ0n) is 11.4. The molecule has 3 aromatic heterocycles. The fraction of sp³-hybridized carbons (Fsp3) is 0.0667. The number of fused-ring (bicyclic) bond motifs is 3. The van der Waals surface area contributed by atoms with Crippen LogP contribution in [0.25, 0.3) is 27.3 Å². The lowest BCUT2D eigenvalue weighted by Gasteiger charge is -2.06. The summed E-state index contributed by atoms with van der Waals surface area (Å²) in [6, 6.07) is 5.62. The zero-order valence-corrected chi connectivity index (χ0v) is 12.2. The Labute approximate surface area is 125 Å². The van der Waals surface area contributed by atoms with Crippen LogP contribution in [0.5, 0.6) is 5.75 Å². The molecule has 3 heterocycles. The van der Waals surface area contributed by atoms with Crippen molar-refractivity contribution in [2.75, 3.05) is 6.26 Å². The first-order valence-corrected chi connectivity index (χ1v) is 8.03. The van der Waals surface area contributed by atoms with Gasteiger partial charge in [-0.05, 0) is 12.1 Å². The van der Waals surface area contributed by atoms with Crippen LogP contribution in [0, 0.1) is 0 Å². The highest BCUT2D eigenvalue weighted by molar-refractivity contribution is 7.84. The van der Waals surface area contributed by atoms with Gasteiger partial charge in [-0.25, -0.2) is 0 Å². The summed E-state index contributed by atoms with van der Waals surface area (Å²) in [6.07, 6.45) is 2.88. The van der Waals surface area contributed by atoms with Crippen molar-refractivity contribution in [3.05, 3.63) is 51.0 Å². The number of aromatic nitrogens is 2. The van der Waals surface area contributed by atoms with Gasteiger partial charge in [-0.1, -0.05) is 0 Å². The molecule has 4 aromatic rings. The Morgan fingerprint density at radius 2 is 2.00 bits per heavy atom. The minimum atomic E-state index is -1.37. The van der Waals surface area contributed by atoms with Gasteiger partial charge in [-0.15, -0.1) is 0 Å². The second-order valence-corrected chi connectivity index (χ2v) is 6.44. The molecule has 0 aliphatic carbocycles. The largest absolute Gasteiger partial charge is 0.506 e. The molecule has 0 amide bonds. The Balaban J connectivity index is 2.49. The van der Waals surface area contributed by atoms with Gasteiger partial charge in [0.25, 0.3) is 5.56 Å². The van der Waals surface area contributed by atoms with Gasteiger partial charge < -0.3 is 10.1 Å². The average molecular weight is 314 g/mol. The fourth-order valence-electron chi connectivity index (χ4n) is 2.94.